The standard InChI is InChI=1S/C15H17BrN2O3/c1-21-7-3-2-6-17-14(19)12-9-10-8-11(16)4-5-13(10)18-15(12)20/h4-5,8-9H,2-3,6-7H2,1H3,(H,17,19)(H,18,20). The molecule has 1 aromatic heterocycles. The molecule has 0 spiro atoms. The minimum absolute atomic E-state index is 0.132. The lowest BCUT2D eigenvalue weighted by Gasteiger charge is -2.06. The zero-order chi connectivity index (χ0) is 15.2. The predicted octanol–water partition coefficient (Wildman–Crippen LogP) is 2.45. The van der Waals surface area contributed by atoms with Gasteiger partial charge < -0.3 is 15.0 Å². The lowest BCUT2D eigenvalue weighted by molar-refractivity contribution is 0.0950. The van der Waals surface area contributed by atoms with Crippen LogP contribution in [0.25, 0.3) is 10.9 Å². The Morgan fingerprint density at radius 1 is 1.33 bits per heavy atom. The van der Waals surface area contributed by atoms with E-state index in [1.54, 1.807) is 19.2 Å². The number of halogens is 1. The number of unbranched alkanes of at least 4 members (excludes halogenated alkanes) is 1. The van der Waals surface area contributed by atoms with Gasteiger partial charge in [-0.2, -0.15) is 0 Å². The van der Waals surface area contributed by atoms with Crippen LogP contribution in [0.5, 0.6) is 0 Å². The molecule has 0 saturated carbocycles. The van der Waals surface area contributed by atoms with E-state index < -0.39 is 0 Å². The Morgan fingerprint density at radius 3 is 2.90 bits per heavy atom. The van der Waals surface area contributed by atoms with Gasteiger partial charge in [0.15, 0.2) is 0 Å². The molecule has 0 atom stereocenters. The minimum atomic E-state index is -0.376. The van der Waals surface area contributed by atoms with Crippen molar-refractivity contribution in [1.82, 2.24) is 10.3 Å². The first-order valence-corrected chi connectivity index (χ1v) is 7.51. The summed E-state index contributed by atoms with van der Waals surface area (Å²) in [5.41, 5.74) is 0.464. The highest BCUT2D eigenvalue weighted by Crippen LogP contribution is 2.17. The van der Waals surface area contributed by atoms with Gasteiger partial charge in [-0.05, 0) is 37.1 Å². The molecule has 0 aliphatic rings. The number of hydrogen-bond donors (Lipinski definition) is 2. The number of ether oxygens (including phenoxy) is 1. The molecular formula is C15H17BrN2O3. The van der Waals surface area contributed by atoms with Crippen molar-refractivity contribution >= 4 is 32.7 Å². The average Bonchev–Trinajstić information content (AvgIpc) is 2.46. The van der Waals surface area contributed by atoms with E-state index in [1.165, 1.54) is 0 Å². The van der Waals surface area contributed by atoms with Crippen molar-refractivity contribution < 1.29 is 9.53 Å². The third kappa shape index (κ3) is 4.15. The average molecular weight is 353 g/mol. The van der Waals surface area contributed by atoms with Gasteiger partial charge in [-0.25, -0.2) is 0 Å². The van der Waals surface area contributed by atoms with Gasteiger partial charge in [0, 0.05) is 35.6 Å². The molecule has 6 heteroatoms. The van der Waals surface area contributed by atoms with Gasteiger partial charge in [-0.1, -0.05) is 15.9 Å². The Kier molecular flexibility index (Phi) is 5.52. The van der Waals surface area contributed by atoms with Gasteiger partial charge in [0.1, 0.15) is 5.56 Å². The highest BCUT2D eigenvalue weighted by Gasteiger charge is 2.11. The summed E-state index contributed by atoms with van der Waals surface area (Å²) >= 11 is 3.37. The van der Waals surface area contributed by atoms with E-state index in [9.17, 15) is 9.59 Å². The highest BCUT2D eigenvalue weighted by molar-refractivity contribution is 9.10. The number of methoxy groups -OCH3 is 1. The van der Waals surface area contributed by atoms with Gasteiger partial charge in [0.25, 0.3) is 11.5 Å². The third-order valence-corrected chi connectivity index (χ3v) is 3.60. The van der Waals surface area contributed by atoms with E-state index in [4.69, 9.17) is 4.74 Å². The van der Waals surface area contributed by atoms with Crippen molar-refractivity contribution in [3.05, 3.63) is 44.7 Å². The predicted molar refractivity (Wildman–Crippen MR) is 85.7 cm³/mol. The van der Waals surface area contributed by atoms with Gasteiger partial charge in [-0.15, -0.1) is 0 Å². The minimum Gasteiger partial charge on any atom is -0.385 e. The zero-order valence-corrected chi connectivity index (χ0v) is 13.3. The molecule has 0 saturated heterocycles. The Balaban J connectivity index is 2.11. The molecule has 1 amide bonds. The molecular weight excluding hydrogens is 336 g/mol. The molecule has 2 rings (SSSR count). The number of aromatic nitrogens is 1. The summed E-state index contributed by atoms with van der Waals surface area (Å²) in [5.74, 6) is -0.351. The second-order valence-electron chi connectivity index (χ2n) is 4.70. The van der Waals surface area contributed by atoms with Gasteiger partial charge >= 0.3 is 0 Å². The number of carbonyl (C=O) groups is 1. The highest BCUT2D eigenvalue weighted by atomic mass is 79.9. The largest absolute Gasteiger partial charge is 0.385 e. The molecule has 0 unspecified atom stereocenters. The number of carbonyl (C=O) groups excluding carboxylic acids is 1. The van der Waals surface area contributed by atoms with Crippen LogP contribution in [0.3, 0.4) is 0 Å². The van der Waals surface area contributed by atoms with Crippen molar-refractivity contribution in [3.63, 3.8) is 0 Å². The molecule has 0 radical (unpaired) electrons. The van der Waals surface area contributed by atoms with E-state index in [-0.39, 0.29) is 17.0 Å². The van der Waals surface area contributed by atoms with Gasteiger partial charge in [0.2, 0.25) is 0 Å². The summed E-state index contributed by atoms with van der Waals surface area (Å²) in [4.78, 5) is 26.7. The van der Waals surface area contributed by atoms with Crippen LogP contribution < -0.4 is 10.9 Å². The summed E-state index contributed by atoms with van der Waals surface area (Å²) in [7, 11) is 1.64. The number of amides is 1. The molecule has 5 nitrogen and oxygen atoms in total. The van der Waals surface area contributed by atoms with E-state index >= 15 is 0 Å². The monoisotopic (exact) mass is 352 g/mol. The molecule has 1 heterocycles. The summed E-state index contributed by atoms with van der Waals surface area (Å²) < 4.78 is 5.84. The maximum absolute atomic E-state index is 12.1. The molecule has 2 aromatic rings. The van der Waals surface area contributed by atoms with Crippen LogP contribution in [-0.2, 0) is 4.74 Å². The summed E-state index contributed by atoms with van der Waals surface area (Å²) in [6.07, 6.45) is 1.69. The molecule has 0 aliphatic heterocycles. The first kappa shape index (κ1) is 15.7. The van der Waals surface area contributed by atoms with Crippen molar-refractivity contribution in [2.75, 3.05) is 20.3 Å². The normalized spacial score (nSPS) is 10.8. The van der Waals surface area contributed by atoms with Crippen LogP contribution in [0.15, 0.2) is 33.5 Å². The number of aromatic amines is 1. The Morgan fingerprint density at radius 2 is 2.14 bits per heavy atom. The summed E-state index contributed by atoms with van der Waals surface area (Å²) in [5, 5.41) is 3.57. The number of nitrogens with one attached hydrogen (secondary N) is 2. The third-order valence-electron chi connectivity index (χ3n) is 3.11. The molecule has 112 valence electrons. The van der Waals surface area contributed by atoms with Crippen LogP contribution in [0.4, 0.5) is 0 Å². The quantitative estimate of drug-likeness (QED) is 0.784. The number of rotatable bonds is 6. The van der Waals surface area contributed by atoms with E-state index in [2.05, 4.69) is 26.2 Å². The van der Waals surface area contributed by atoms with Crippen LogP contribution in [0.2, 0.25) is 0 Å². The number of fused-ring (bicyclic) bond motifs is 1. The number of benzene rings is 1. The smallest absolute Gasteiger partial charge is 0.261 e. The van der Waals surface area contributed by atoms with Crippen LogP contribution in [-0.4, -0.2) is 31.2 Å². The van der Waals surface area contributed by atoms with Gasteiger partial charge in [-0.3, -0.25) is 9.59 Å². The fourth-order valence-electron chi connectivity index (χ4n) is 2.01. The number of H-pyrrole nitrogens is 1. The topological polar surface area (TPSA) is 71.2 Å². The fraction of sp³-hybridized carbons (Fsp3) is 0.333. The molecule has 1 aromatic carbocycles. The maximum Gasteiger partial charge on any atom is 0.261 e. The number of pyridine rings is 1. The van der Waals surface area contributed by atoms with Crippen molar-refractivity contribution in [3.8, 4) is 0 Å². The van der Waals surface area contributed by atoms with Crippen LogP contribution in [0.1, 0.15) is 23.2 Å². The van der Waals surface area contributed by atoms with E-state index in [0.29, 0.717) is 18.7 Å². The Hall–Kier alpha value is -1.66. The lowest BCUT2D eigenvalue weighted by Crippen LogP contribution is -2.30. The molecule has 21 heavy (non-hydrogen) atoms. The van der Waals surface area contributed by atoms with Crippen LogP contribution in [0, 0.1) is 0 Å². The van der Waals surface area contributed by atoms with Gasteiger partial charge in [0.05, 0.1) is 0 Å². The molecule has 2 N–H and O–H groups in total. The van der Waals surface area contributed by atoms with Crippen molar-refractivity contribution in [2.24, 2.45) is 0 Å². The Labute approximate surface area is 130 Å². The van der Waals surface area contributed by atoms with Crippen molar-refractivity contribution in [2.45, 2.75) is 12.8 Å². The molecule has 0 fully saturated rings. The second kappa shape index (κ2) is 7.38. The summed E-state index contributed by atoms with van der Waals surface area (Å²) in [6.45, 7) is 1.19. The first-order valence-electron chi connectivity index (χ1n) is 6.71. The van der Waals surface area contributed by atoms with Crippen LogP contribution >= 0.6 is 15.9 Å². The number of hydrogen-bond acceptors (Lipinski definition) is 3. The lowest BCUT2D eigenvalue weighted by atomic mass is 10.1. The SMILES string of the molecule is COCCCCNC(=O)c1cc2cc(Br)ccc2[nH]c1=O. The Bertz CT molecular complexity index is 697. The maximum atomic E-state index is 12.1. The zero-order valence-electron chi connectivity index (χ0n) is 11.7. The van der Waals surface area contributed by atoms with E-state index in [1.807, 2.05) is 12.1 Å². The summed E-state index contributed by atoms with van der Waals surface area (Å²) in [6, 6.07) is 7.12. The molecule has 0 aliphatic carbocycles. The first-order chi connectivity index (χ1) is 10.1. The van der Waals surface area contributed by atoms with Crippen molar-refractivity contribution in [1.29, 1.82) is 0 Å². The fourth-order valence-corrected chi connectivity index (χ4v) is 2.39. The molecule has 0 bridgehead atoms. The van der Waals surface area contributed by atoms with E-state index in [0.717, 1.165) is 22.7 Å². The second-order valence-corrected chi connectivity index (χ2v) is 5.62.